The van der Waals surface area contributed by atoms with Gasteiger partial charge in [-0.1, -0.05) is 17.3 Å². The molecule has 21 heavy (non-hydrogen) atoms. The summed E-state index contributed by atoms with van der Waals surface area (Å²) in [6.07, 6.45) is 3.95. The second-order valence-electron chi connectivity index (χ2n) is 6.40. The normalized spacial score (nSPS) is 28.0. The Morgan fingerprint density at radius 1 is 1.14 bits per heavy atom. The Morgan fingerprint density at radius 3 is 2.57 bits per heavy atom. The first-order valence-electron chi connectivity index (χ1n) is 7.67. The minimum atomic E-state index is -0.321. The van der Waals surface area contributed by atoms with Gasteiger partial charge in [-0.05, 0) is 37.3 Å². The van der Waals surface area contributed by atoms with Crippen LogP contribution < -0.4 is 0 Å². The highest BCUT2D eigenvalue weighted by Gasteiger charge is 2.40. The molecule has 110 valence electrons. The van der Waals surface area contributed by atoms with Crippen molar-refractivity contribution in [2.24, 2.45) is 5.92 Å². The summed E-state index contributed by atoms with van der Waals surface area (Å²) in [5.74, 6) is 1.60. The first-order valence-corrected chi connectivity index (χ1v) is 7.67. The molecule has 0 N–H and O–H groups in total. The van der Waals surface area contributed by atoms with Crippen molar-refractivity contribution < 1.29 is 13.4 Å². The van der Waals surface area contributed by atoms with Crippen LogP contribution in [0.4, 0.5) is 4.39 Å². The summed E-state index contributed by atoms with van der Waals surface area (Å²) in [7, 11) is 0. The van der Waals surface area contributed by atoms with E-state index in [4.69, 9.17) is 4.52 Å². The average molecular weight is 288 g/mol. The predicted octanol–water partition coefficient (Wildman–Crippen LogP) is 3.01. The number of fused-ring (bicyclic) bond motifs is 3. The smallest absolute Gasteiger partial charge is 0.261 e. The summed E-state index contributed by atoms with van der Waals surface area (Å²) >= 11 is 0. The van der Waals surface area contributed by atoms with Gasteiger partial charge in [0.25, 0.3) is 5.89 Å². The summed E-state index contributed by atoms with van der Waals surface area (Å²) in [6.45, 7) is 4.46. The molecule has 5 heteroatoms. The fourth-order valence-electron chi connectivity index (χ4n) is 3.74. The molecule has 3 aliphatic heterocycles. The van der Waals surface area contributed by atoms with E-state index in [0.29, 0.717) is 11.4 Å². The molecule has 0 aliphatic carbocycles. The van der Waals surface area contributed by atoms with Crippen LogP contribution in [-0.2, 0) is 6.54 Å². The van der Waals surface area contributed by atoms with Crippen LogP contribution in [0.3, 0.4) is 0 Å². The maximum Gasteiger partial charge on any atom is 0.261 e. The molecule has 2 aromatic rings. The van der Waals surface area contributed by atoms with Gasteiger partial charge in [0, 0.05) is 0 Å². The highest BCUT2D eigenvalue weighted by Crippen LogP contribution is 2.35. The van der Waals surface area contributed by atoms with Gasteiger partial charge in [-0.15, -0.1) is 0 Å². The number of nitrogens with zero attached hydrogens (tertiary/aromatic N) is 3. The lowest BCUT2D eigenvalue weighted by atomic mass is 9.86. The van der Waals surface area contributed by atoms with Gasteiger partial charge in [0.2, 0.25) is 5.82 Å². The second-order valence-corrected chi connectivity index (χ2v) is 6.40. The molecule has 1 aromatic heterocycles. The molecule has 0 spiro atoms. The van der Waals surface area contributed by atoms with E-state index >= 15 is 0 Å². The first kappa shape index (κ1) is 13.0. The summed E-state index contributed by atoms with van der Waals surface area (Å²) in [6, 6.07) is 6.52. The molecule has 0 amide bonds. The summed E-state index contributed by atoms with van der Waals surface area (Å²) < 4.78 is 20.1. The maximum absolute atomic E-state index is 13.8. The van der Waals surface area contributed by atoms with Gasteiger partial charge < -0.3 is 9.01 Å². The van der Waals surface area contributed by atoms with E-state index < -0.39 is 0 Å². The molecule has 4 heterocycles. The molecule has 0 saturated carbocycles. The third-order valence-electron chi connectivity index (χ3n) is 5.08. The van der Waals surface area contributed by atoms with E-state index in [9.17, 15) is 4.39 Å². The monoisotopic (exact) mass is 288 g/mol. The molecule has 5 rings (SSSR count). The number of hydrogen-bond donors (Lipinski definition) is 0. The molecular formula is C16H19FN3O+. The number of hydrogen-bond acceptors (Lipinski definition) is 3. The molecule has 3 saturated heterocycles. The highest BCUT2D eigenvalue weighted by atomic mass is 19.1. The topological polar surface area (TPSA) is 38.9 Å². The van der Waals surface area contributed by atoms with E-state index in [1.807, 2.05) is 0 Å². The van der Waals surface area contributed by atoms with Gasteiger partial charge in [-0.2, -0.15) is 4.98 Å². The van der Waals surface area contributed by atoms with Crippen molar-refractivity contribution in [3.05, 3.63) is 35.9 Å². The van der Waals surface area contributed by atoms with Crippen LogP contribution in [0.15, 0.2) is 28.8 Å². The van der Waals surface area contributed by atoms with Gasteiger partial charge in [-0.3, -0.25) is 0 Å². The van der Waals surface area contributed by atoms with E-state index in [1.54, 1.807) is 18.2 Å². The largest absolute Gasteiger partial charge is 0.334 e. The lowest BCUT2D eigenvalue weighted by Gasteiger charge is -2.48. The quantitative estimate of drug-likeness (QED) is 0.815. The minimum Gasteiger partial charge on any atom is -0.334 e. The van der Waals surface area contributed by atoms with Crippen molar-refractivity contribution in [1.82, 2.24) is 10.1 Å². The zero-order valence-electron chi connectivity index (χ0n) is 12.0. The summed E-state index contributed by atoms with van der Waals surface area (Å²) in [4.78, 5) is 4.41. The molecule has 0 unspecified atom stereocenters. The first-order chi connectivity index (χ1) is 10.2. The lowest BCUT2D eigenvalue weighted by molar-refractivity contribution is -0.955. The van der Waals surface area contributed by atoms with Crippen molar-refractivity contribution in [1.29, 1.82) is 0 Å². The van der Waals surface area contributed by atoms with Gasteiger partial charge in [0.1, 0.15) is 12.4 Å². The number of benzene rings is 1. The van der Waals surface area contributed by atoms with Crippen LogP contribution in [0.5, 0.6) is 0 Å². The van der Waals surface area contributed by atoms with Gasteiger partial charge >= 0.3 is 0 Å². The molecule has 3 fully saturated rings. The molecule has 0 radical (unpaired) electrons. The molecule has 2 bridgehead atoms. The molecule has 3 aliphatic rings. The van der Waals surface area contributed by atoms with E-state index in [2.05, 4.69) is 10.1 Å². The van der Waals surface area contributed by atoms with E-state index in [1.165, 1.54) is 45.0 Å². The molecule has 4 nitrogen and oxygen atoms in total. The Balaban J connectivity index is 1.56. The van der Waals surface area contributed by atoms with Gasteiger partial charge in [0.05, 0.1) is 25.2 Å². The van der Waals surface area contributed by atoms with Crippen LogP contribution >= 0.6 is 0 Å². The number of piperidine rings is 3. The fraction of sp³-hybridized carbons (Fsp3) is 0.500. The molecule has 1 aromatic carbocycles. The Labute approximate surface area is 123 Å². The third kappa shape index (κ3) is 2.35. The summed E-state index contributed by atoms with van der Waals surface area (Å²) in [5.41, 5.74) is 0.383. The van der Waals surface area contributed by atoms with Crippen LogP contribution in [0.25, 0.3) is 11.5 Å². The van der Waals surface area contributed by atoms with Crippen molar-refractivity contribution in [3.63, 3.8) is 0 Å². The minimum absolute atomic E-state index is 0.285. The number of aromatic nitrogens is 2. The Bertz CT molecular complexity index is 633. The average Bonchev–Trinajstić information content (AvgIpc) is 2.97. The molecule has 0 atom stereocenters. The molecular weight excluding hydrogens is 269 g/mol. The van der Waals surface area contributed by atoms with Crippen LogP contribution in [-0.4, -0.2) is 34.3 Å². The van der Waals surface area contributed by atoms with Crippen LogP contribution in [0, 0.1) is 11.7 Å². The third-order valence-corrected chi connectivity index (χ3v) is 5.08. The van der Waals surface area contributed by atoms with Gasteiger partial charge in [-0.25, -0.2) is 4.39 Å². The summed E-state index contributed by atoms with van der Waals surface area (Å²) in [5, 5.41) is 4.07. The lowest BCUT2D eigenvalue weighted by Crippen LogP contribution is -2.57. The van der Waals surface area contributed by atoms with Crippen molar-refractivity contribution in [2.75, 3.05) is 19.6 Å². The van der Waals surface area contributed by atoms with Crippen LogP contribution in [0.2, 0.25) is 0 Å². The Kier molecular flexibility index (Phi) is 3.03. The van der Waals surface area contributed by atoms with E-state index in [-0.39, 0.29) is 11.7 Å². The predicted molar refractivity (Wildman–Crippen MR) is 75.6 cm³/mol. The number of halogens is 1. The zero-order valence-corrected chi connectivity index (χ0v) is 12.0. The standard InChI is InChI=1S/C16H19FN3O/c17-14-4-2-1-3-13(14)16-18-15(19-21-16)11-20-8-5-12(6-9-20)7-10-20/h1-4,12H,5-11H2/q+1. The maximum atomic E-state index is 13.8. The van der Waals surface area contributed by atoms with Crippen molar-refractivity contribution in [3.8, 4) is 11.5 Å². The number of quaternary nitrogens is 1. The number of rotatable bonds is 3. The second kappa shape index (κ2) is 4.91. The van der Waals surface area contributed by atoms with Crippen LogP contribution in [0.1, 0.15) is 25.1 Å². The fourth-order valence-corrected chi connectivity index (χ4v) is 3.74. The van der Waals surface area contributed by atoms with E-state index in [0.717, 1.165) is 16.9 Å². The van der Waals surface area contributed by atoms with Crippen molar-refractivity contribution in [2.45, 2.75) is 25.8 Å². The zero-order chi connectivity index (χ0) is 14.3. The van der Waals surface area contributed by atoms with Crippen molar-refractivity contribution >= 4 is 0 Å². The highest BCUT2D eigenvalue weighted by molar-refractivity contribution is 5.53. The van der Waals surface area contributed by atoms with Gasteiger partial charge in [0.15, 0.2) is 0 Å². The SMILES string of the molecule is Fc1ccccc1-c1nc(C[N+]23CCC(CC2)CC3)no1. The Morgan fingerprint density at radius 2 is 1.86 bits per heavy atom. The Hall–Kier alpha value is -1.75.